The van der Waals surface area contributed by atoms with Gasteiger partial charge in [0.2, 0.25) is 0 Å². The second-order valence-electron chi connectivity index (χ2n) is 6.02. The van der Waals surface area contributed by atoms with E-state index < -0.39 is 11.8 Å². The number of carbonyl (C=O) groups excluding carboxylic acids is 2. The Morgan fingerprint density at radius 1 is 1.10 bits per heavy atom. The number of benzene rings is 2. The van der Waals surface area contributed by atoms with Crippen LogP contribution in [0, 0.1) is 11.3 Å². The molecule has 2 aromatic rings. The minimum atomic E-state index is -0.560. The Bertz CT molecular complexity index is 965. The molecule has 0 aromatic heterocycles. The van der Waals surface area contributed by atoms with Gasteiger partial charge in [-0.3, -0.25) is 20.4 Å². The number of ether oxygens (including phenoxy) is 3. The van der Waals surface area contributed by atoms with E-state index in [9.17, 15) is 9.59 Å². The average Bonchev–Trinajstić information content (AvgIpc) is 3.00. The molecule has 0 bridgehead atoms. The largest absolute Gasteiger partial charge is 0.490 e. The predicted molar refractivity (Wildman–Crippen MR) is 104 cm³/mol. The third-order valence-corrected chi connectivity index (χ3v) is 3.89. The number of para-hydroxylation sites is 1. The van der Waals surface area contributed by atoms with Crippen molar-refractivity contribution >= 4 is 17.9 Å². The van der Waals surface area contributed by atoms with Gasteiger partial charge < -0.3 is 14.2 Å². The van der Waals surface area contributed by atoms with E-state index in [0.29, 0.717) is 36.0 Å². The summed E-state index contributed by atoms with van der Waals surface area (Å²) in [5, 5.41) is 8.98. The molecule has 0 unspecified atom stereocenters. The summed E-state index contributed by atoms with van der Waals surface area (Å²) in [6.45, 7) is 0.842. The van der Waals surface area contributed by atoms with Crippen LogP contribution in [0.5, 0.6) is 17.2 Å². The van der Waals surface area contributed by atoms with Gasteiger partial charge in [0.1, 0.15) is 11.8 Å². The first-order chi connectivity index (χ1) is 14.2. The van der Waals surface area contributed by atoms with E-state index >= 15 is 0 Å². The van der Waals surface area contributed by atoms with E-state index in [0.717, 1.165) is 12.0 Å². The molecule has 0 atom stereocenters. The van der Waals surface area contributed by atoms with Crippen LogP contribution >= 0.6 is 0 Å². The smallest absolute Gasteiger partial charge is 0.276 e. The molecule has 0 spiro atoms. The van der Waals surface area contributed by atoms with Gasteiger partial charge in [-0.15, -0.1) is 0 Å². The minimum absolute atomic E-state index is 0.297. The molecule has 148 valence electrons. The molecule has 0 aliphatic carbocycles. The summed E-state index contributed by atoms with van der Waals surface area (Å²) in [6.07, 6.45) is 3.69. The third kappa shape index (κ3) is 5.74. The highest BCUT2D eigenvalue weighted by Crippen LogP contribution is 2.30. The zero-order chi connectivity index (χ0) is 20.5. The van der Waals surface area contributed by atoms with Gasteiger partial charge in [-0.2, -0.15) is 5.26 Å². The molecule has 2 amide bonds. The molecule has 1 heterocycles. The van der Waals surface area contributed by atoms with E-state index in [2.05, 4.69) is 10.9 Å². The number of carbonyl (C=O) groups is 2. The Morgan fingerprint density at radius 2 is 1.90 bits per heavy atom. The molecule has 29 heavy (non-hydrogen) atoms. The summed E-state index contributed by atoms with van der Waals surface area (Å²) < 4.78 is 16.4. The zero-order valence-corrected chi connectivity index (χ0v) is 15.5. The molecule has 0 fully saturated rings. The number of hydrogen-bond acceptors (Lipinski definition) is 6. The lowest BCUT2D eigenvalue weighted by molar-refractivity contribution is -0.128. The maximum absolute atomic E-state index is 11.9. The van der Waals surface area contributed by atoms with Crippen LogP contribution in [0.4, 0.5) is 0 Å². The zero-order valence-electron chi connectivity index (χ0n) is 15.5. The van der Waals surface area contributed by atoms with Gasteiger partial charge in [-0.1, -0.05) is 18.2 Å². The Morgan fingerprint density at radius 3 is 2.72 bits per heavy atom. The van der Waals surface area contributed by atoms with Crippen LogP contribution in [-0.4, -0.2) is 31.6 Å². The predicted octanol–water partition coefficient (Wildman–Crippen LogP) is 1.96. The van der Waals surface area contributed by atoms with E-state index in [1.165, 1.54) is 6.08 Å². The number of hydrazine groups is 1. The highest BCUT2D eigenvalue weighted by atomic mass is 16.5. The van der Waals surface area contributed by atoms with Gasteiger partial charge in [0, 0.05) is 12.5 Å². The maximum atomic E-state index is 11.9. The van der Waals surface area contributed by atoms with Crippen LogP contribution in [0.25, 0.3) is 6.08 Å². The highest BCUT2D eigenvalue weighted by Gasteiger charge is 2.10. The minimum Gasteiger partial charge on any atom is -0.490 e. The summed E-state index contributed by atoms with van der Waals surface area (Å²) in [5.74, 6) is 0.534. The van der Waals surface area contributed by atoms with Crippen molar-refractivity contribution in [2.45, 2.75) is 6.42 Å². The first-order valence-electron chi connectivity index (χ1n) is 8.94. The molecule has 1 aliphatic heterocycles. The Labute approximate surface area is 167 Å². The van der Waals surface area contributed by atoms with Crippen LogP contribution in [0.15, 0.2) is 48.5 Å². The van der Waals surface area contributed by atoms with Crippen LogP contribution in [-0.2, 0) is 9.59 Å². The molecule has 3 rings (SSSR count). The topological polar surface area (TPSA) is 110 Å². The van der Waals surface area contributed by atoms with Crippen molar-refractivity contribution in [1.29, 1.82) is 5.26 Å². The summed E-state index contributed by atoms with van der Waals surface area (Å²) >= 11 is 0. The van der Waals surface area contributed by atoms with Crippen molar-refractivity contribution in [3.63, 3.8) is 0 Å². The fourth-order valence-electron chi connectivity index (χ4n) is 2.49. The van der Waals surface area contributed by atoms with Crippen molar-refractivity contribution in [3.05, 3.63) is 59.7 Å². The van der Waals surface area contributed by atoms with Gasteiger partial charge in [0.25, 0.3) is 11.8 Å². The quantitative estimate of drug-likeness (QED) is 0.594. The van der Waals surface area contributed by atoms with Gasteiger partial charge in [-0.05, 0) is 35.9 Å². The summed E-state index contributed by atoms with van der Waals surface area (Å²) in [6, 6.07) is 13.9. The maximum Gasteiger partial charge on any atom is 0.276 e. The fraction of sp³-hybridized carbons (Fsp3) is 0.190. The van der Waals surface area contributed by atoms with Gasteiger partial charge in [-0.25, -0.2) is 0 Å². The Kier molecular flexibility index (Phi) is 6.68. The van der Waals surface area contributed by atoms with Gasteiger partial charge in [0.15, 0.2) is 18.1 Å². The number of fused-ring (bicyclic) bond motifs is 1. The molecule has 8 nitrogen and oxygen atoms in total. The number of rotatable bonds is 5. The van der Waals surface area contributed by atoms with Crippen LogP contribution in [0.1, 0.15) is 17.5 Å². The van der Waals surface area contributed by atoms with Crippen LogP contribution in [0.2, 0.25) is 0 Å². The Hall–Kier alpha value is -3.99. The molecule has 0 saturated carbocycles. The lowest BCUT2D eigenvalue weighted by atomic mass is 10.2. The second kappa shape index (κ2) is 9.80. The first kappa shape index (κ1) is 19.8. The molecular formula is C21H19N3O5. The molecular weight excluding hydrogens is 374 g/mol. The highest BCUT2D eigenvalue weighted by molar-refractivity contribution is 5.93. The number of nitrogens with zero attached hydrogens (tertiary/aromatic N) is 1. The Balaban J connectivity index is 1.46. The lowest BCUT2D eigenvalue weighted by Crippen LogP contribution is -2.43. The molecule has 1 aliphatic rings. The number of nitriles is 1. The monoisotopic (exact) mass is 393 g/mol. The fourth-order valence-corrected chi connectivity index (χ4v) is 2.49. The normalized spacial score (nSPS) is 12.5. The van der Waals surface area contributed by atoms with E-state index in [-0.39, 0.29) is 6.61 Å². The molecule has 2 aromatic carbocycles. The van der Waals surface area contributed by atoms with Crippen molar-refractivity contribution < 1.29 is 23.8 Å². The number of amides is 2. The van der Waals surface area contributed by atoms with Crippen molar-refractivity contribution in [3.8, 4) is 23.3 Å². The van der Waals surface area contributed by atoms with Gasteiger partial charge >= 0.3 is 0 Å². The summed E-state index contributed by atoms with van der Waals surface area (Å²) in [7, 11) is 0. The SMILES string of the molecule is N#Cc1ccccc1OCC(=O)NNC(=O)/C=C/c1ccc2c(c1)OCCCO2. The first-order valence-corrected chi connectivity index (χ1v) is 8.94. The summed E-state index contributed by atoms with van der Waals surface area (Å²) in [4.78, 5) is 23.7. The standard InChI is InChI=1S/C21H19N3O5/c22-13-16-4-1-2-5-17(16)29-14-21(26)24-23-20(25)9-7-15-6-8-18-19(12-15)28-11-3-10-27-18/h1-2,4-9,12H,3,10-11,14H2,(H,23,25)(H,24,26)/b9-7+. The van der Waals surface area contributed by atoms with Crippen molar-refractivity contribution in [1.82, 2.24) is 10.9 Å². The molecule has 0 radical (unpaired) electrons. The van der Waals surface area contributed by atoms with E-state index in [4.69, 9.17) is 19.5 Å². The molecule has 0 saturated heterocycles. The van der Waals surface area contributed by atoms with E-state index in [1.807, 2.05) is 6.07 Å². The molecule has 2 N–H and O–H groups in total. The van der Waals surface area contributed by atoms with E-state index in [1.54, 1.807) is 48.5 Å². The number of hydrogen-bond donors (Lipinski definition) is 2. The lowest BCUT2D eigenvalue weighted by Gasteiger charge is -2.09. The third-order valence-electron chi connectivity index (χ3n) is 3.89. The average molecular weight is 393 g/mol. The second-order valence-corrected chi connectivity index (χ2v) is 6.02. The molecule has 8 heteroatoms. The van der Waals surface area contributed by atoms with Crippen molar-refractivity contribution in [2.75, 3.05) is 19.8 Å². The van der Waals surface area contributed by atoms with Crippen molar-refractivity contribution in [2.24, 2.45) is 0 Å². The summed E-state index contributed by atoms with van der Waals surface area (Å²) in [5.41, 5.74) is 5.58. The van der Waals surface area contributed by atoms with Crippen LogP contribution < -0.4 is 25.1 Å². The number of nitrogens with one attached hydrogen (secondary N) is 2. The van der Waals surface area contributed by atoms with Gasteiger partial charge in [0.05, 0.1) is 18.8 Å². The van der Waals surface area contributed by atoms with Crippen LogP contribution in [0.3, 0.4) is 0 Å².